The Morgan fingerprint density at radius 3 is 2.74 bits per heavy atom. The maximum atomic E-state index is 11.8. The number of hydrogen-bond donors (Lipinski definition) is 2. The summed E-state index contributed by atoms with van der Waals surface area (Å²) in [6.45, 7) is 9.44. The summed E-state index contributed by atoms with van der Waals surface area (Å²) in [6.07, 6.45) is 0.972. The van der Waals surface area contributed by atoms with Crippen LogP contribution < -0.4 is 15.4 Å². The molecule has 19 heavy (non-hydrogen) atoms. The molecule has 0 aliphatic rings. The largest absolute Gasteiger partial charge is 0.492 e. The monoisotopic (exact) mass is 264 g/mol. The fourth-order valence-corrected chi connectivity index (χ4v) is 1.65. The first-order valence-electron chi connectivity index (χ1n) is 6.81. The van der Waals surface area contributed by atoms with Crippen LogP contribution in [0.5, 0.6) is 5.75 Å². The predicted molar refractivity (Wildman–Crippen MR) is 78.8 cm³/mol. The highest BCUT2D eigenvalue weighted by Gasteiger charge is 2.07. The molecule has 0 atom stereocenters. The second-order valence-electron chi connectivity index (χ2n) is 5.00. The first kappa shape index (κ1) is 15.3. The highest BCUT2D eigenvalue weighted by atomic mass is 16.5. The summed E-state index contributed by atoms with van der Waals surface area (Å²) in [5.41, 5.74) is 1.81. The van der Waals surface area contributed by atoms with Crippen molar-refractivity contribution in [2.75, 3.05) is 18.5 Å². The van der Waals surface area contributed by atoms with Gasteiger partial charge in [-0.2, -0.15) is 0 Å². The average Bonchev–Trinajstić information content (AvgIpc) is 2.32. The van der Waals surface area contributed by atoms with Crippen molar-refractivity contribution >= 4 is 11.7 Å². The second-order valence-corrected chi connectivity index (χ2v) is 5.00. The molecule has 0 aliphatic carbocycles. The maximum Gasteiger partial charge on any atom is 0.319 e. The van der Waals surface area contributed by atoms with Crippen molar-refractivity contribution in [3.05, 3.63) is 23.8 Å². The van der Waals surface area contributed by atoms with Crippen molar-refractivity contribution in [1.82, 2.24) is 5.32 Å². The second kappa shape index (κ2) is 7.67. The number of carbonyl (C=O) groups is 1. The molecule has 0 unspecified atom stereocenters. The Bertz CT molecular complexity index is 417. The summed E-state index contributed by atoms with van der Waals surface area (Å²) in [5, 5.41) is 5.66. The number of benzene rings is 1. The molecular formula is C15H24N2O2. The fraction of sp³-hybridized carbons (Fsp3) is 0.533. The lowest BCUT2D eigenvalue weighted by molar-refractivity contribution is 0.251. The fourth-order valence-electron chi connectivity index (χ4n) is 1.65. The van der Waals surface area contributed by atoms with Gasteiger partial charge in [-0.25, -0.2) is 4.79 Å². The summed E-state index contributed by atoms with van der Waals surface area (Å²) in [5.74, 6) is 1.29. The molecular weight excluding hydrogens is 240 g/mol. The third-order valence-corrected chi connectivity index (χ3v) is 2.69. The highest BCUT2D eigenvalue weighted by molar-refractivity contribution is 5.90. The molecule has 0 saturated carbocycles. The third kappa shape index (κ3) is 5.64. The SMILES string of the molecule is CCOc1cc(C)ccc1NC(=O)NCCC(C)C. The lowest BCUT2D eigenvalue weighted by atomic mass is 10.1. The van der Waals surface area contributed by atoms with Crippen LogP contribution in [-0.4, -0.2) is 19.2 Å². The van der Waals surface area contributed by atoms with Crippen LogP contribution in [0.4, 0.5) is 10.5 Å². The number of ether oxygens (including phenoxy) is 1. The van der Waals surface area contributed by atoms with Gasteiger partial charge >= 0.3 is 6.03 Å². The van der Waals surface area contributed by atoms with Gasteiger partial charge in [0.2, 0.25) is 0 Å². The molecule has 1 rings (SSSR count). The zero-order chi connectivity index (χ0) is 14.3. The van der Waals surface area contributed by atoms with E-state index >= 15 is 0 Å². The number of urea groups is 1. The Kier molecular flexibility index (Phi) is 6.19. The smallest absolute Gasteiger partial charge is 0.319 e. The van der Waals surface area contributed by atoms with Gasteiger partial charge in [-0.3, -0.25) is 0 Å². The van der Waals surface area contributed by atoms with Crippen LogP contribution in [0.25, 0.3) is 0 Å². The molecule has 0 saturated heterocycles. The number of rotatable bonds is 6. The molecule has 1 aromatic carbocycles. The molecule has 2 N–H and O–H groups in total. The lowest BCUT2D eigenvalue weighted by Crippen LogP contribution is -2.30. The summed E-state index contributed by atoms with van der Waals surface area (Å²) in [7, 11) is 0. The molecule has 0 aromatic heterocycles. The molecule has 0 aliphatic heterocycles. The van der Waals surface area contributed by atoms with Crippen molar-refractivity contribution < 1.29 is 9.53 Å². The number of anilines is 1. The van der Waals surface area contributed by atoms with Crippen molar-refractivity contribution in [2.45, 2.75) is 34.1 Å². The van der Waals surface area contributed by atoms with E-state index in [-0.39, 0.29) is 6.03 Å². The topological polar surface area (TPSA) is 50.4 Å². The quantitative estimate of drug-likeness (QED) is 0.825. The number of carbonyl (C=O) groups excluding carboxylic acids is 1. The standard InChI is InChI=1S/C15H24N2O2/c1-5-19-14-10-12(4)6-7-13(14)17-15(18)16-9-8-11(2)3/h6-7,10-11H,5,8-9H2,1-4H3,(H2,16,17,18). The number of hydrogen-bond acceptors (Lipinski definition) is 2. The van der Waals surface area contributed by atoms with Gasteiger partial charge in [0.25, 0.3) is 0 Å². The van der Waals surface area contributed by atoms with E-state index in [4.69, 9.17) is 4.74 Å². The van der Waals surface area contributed by atoms with Gasteiger partial charge in [0.15, 0.2) is 0 Å². The van der Waals surface area contributed by atoms with Crippen molar-refractivity contribution in [3.8, 4) is 5.75 Å². The lowest BCUT2D eigenvalue weighted by Gasteiger charge is -2.13. The Hall–Kier alpha value is -1.71. The van der Waals surface area contributed by atoms with E-state index in [0.29, 0.717) is 30.5 Å². The van der Waals surface area contributed by atoms with E-state index in [0.717, 1.165) is 12.0 Å². The van der Waals surface area contributed by atoms with E-state index in [1.54, 1.807) is 0 Å². The van der Waals surface area contributed by atoms with Gasteiger partial charge in [0, 0.05) is 6.54 Å². The van der Waals surface area contributed by atoms with Crippen molar-refractivity contribution in [2.24, 2.45) is 5.92 Å². The first-order valence-corrected chi connectivity index (χ1v) is 6.81. The van der Waals surface area contributed by atoms with Crippen LogP contribution in [0.2, 0.25) is 0 Å². The van der Waals surface area contributed by atoms with Gasteiger partial charge in [0.1, 0.15) is 5.75 Å². The van der Waals surface area contributed by atoms with Gasteiger partial charge < -0.3 is 15.4 Å². The summed E-state index contributed by atoms with van der Waals surface area (Å²) in [6, 6.07) is 5.55. The molecule has 1 aromatic rings. The van der Waals surface area contributed by atoms with Crippen LogP contribution >= 0.6 is 0 Å². The molecule has 4 heteroatoms. The molecule has 0 fully saturated rings. The van der Waals surface area contributed by atoms with E-state index in [1.165, 1.54) is 0 Å². The van der Waals surface area contributed by atoms with E-state index in [1.807, 2.05) is 32.0 Å². The zero-order valence-corrected chi connectivity index (χ0v) is 12.2. The minimum Gasteiger partial charge on any atom is -0.492 e. The maximum absolute atomic E-state index is 11.8. The van der Waals surface area contributed by atoms with E-state index in [2.05, 4.69) is 24.5 Å². The molecule has 2 amide bonds. The van der Waals surface area contributed by atoms with Crippen LogP contribution in [0, 0.1) is 12.8 Å². The molecule has 0 heterocycles. The van der Waals surface area contributed by atoms with E-state index in [9.17, 15) is 4.79 Å². The average molecular weight is 264 g/mol. The normalized spacial score (nSPS) is 10.4. The van der Waals surface area contributed by atoms with E-state index < -0.39 is 0 Å². The summed E-state index contributed by atoms with van der Waals surface area (Å²) < 4.78 is 5.52. The van der Waals surface area contributed by atoms with Crippen LogP contribution in [0.15, 0.2) is 18.2 Å². The Morgan fingerprint density at radius 2 is 2.11 bits per heavy atom. The molecule has 4 nitrogen and oxygen atoms in total. The number of aryl methyl sites for hydroxylation is 1. The van der Waals surface area contributed by atoms with Crippen LogP contribution in [0.3, 0.4) is 0 Å². The summed E-state index contributed by atoms with van der Waals surface area (Å²) >= 11 is 0. The number of amides is 2. The first-order chi connectivity index (χ1) is 9.02. The van der Waals surface area contributed by atoms with Gasteiger partial charge in [-0.1, -0.05) is 19.9 Å². The molecule has 106 valence electrons. The Labute approximate surface area is 115 Å². The van der Waals surface area contributed by atoms with Gasteiger partial charge in [-0.15, -0.1) is 0 Å². The Balaban J connectivity index is 2.58. The minimum atomic E-state index is -0.189. The minimum absolute atomic E-state index is 0.189. The molecule has 0 spiro atoms. The van der Waals surface area contributed by atoms with Crippen molar-refractivity contribution in [1.29, 1.82) is 0 Å². The van der Waals surface area contributed by atoms with Gasteiger partial charge in [-0.05, 0) is 43.9 Å². The number of nitrogens with one attached hydrogen (secondary N) is 2. The van der Waals surface area contributed by atoms with Crippen LogP contribution in [0.1, 0.15) is 32.8 Å². The van der Waals surface area contributed by atoms with Crippen LogP contribution in [-0.2, 0) is 0 Å². The Morgan fingerprint density at radius 1 is 1.37 bits per heavy atom. The molecule has 0 bridgehead atoms. The molecule has 0 radical (unpaired) electrons. The van der Waals surface area contributed by atoms with Crippen molar-refractivity contribution in [3.63, 3.8) is 0 Å². The third-order valence-electron chi connectivity index (χ3n) is 2.69. The highest BCUT2D eigenvalue weighted by Crippen LogP contribution is 2.25. The predicted octanol–water partition coefficient (Wildman–Crippen LogP) is 3.56. The van der Waals surface area contributed by atoms with Gasteiger partial charge in [0.05, 0.1) is 12.3 Å². The zero-order valence-electron chi connectivity index (χ0n) is 12.2. The summed E-state index contributed by atoms with van der Waals surface area (Å²) in [4.78, 5) is 11.8.